The Morgan fingerprint density at radius 1 is 1.09 bits per heavy atom. The molecule has 0 spiro atoms. The third-order valence-electron chi connectivity index (χ3n) is 8.15. The fourth-order valence-electron chi connectivity index (χ4n) is 5.51. The number of nitrogens with zero attached hydrogens (tertiary/aromatic N) is 6. The van der Waals surface area contributed by atoms with Crippen LogP contribution in [0.1, 0.15) is 55.2 Å². The van der Waals surface area contributed by atoms with Crippen molar-refractivity contribution in [2.75, 3.05) is 45.6 Å². The Morgan fingerprint density at radius 3 is 2.52 bits per heavy atom. The molecule has 0 radical (unpaired) electrons. The van der Waals surface area contributed by atoms with Crippen LogP contribution in [-0.2, 0) is 0 Å². The zero-order valence-corrected chi connectivity index (χ0v) is 26.7. The molecule has 0 saturated carbocycles. The van der Waals surface area contributed by atoms with Crippen LogP contribution >= 0.6 is 0 Å². The maximum atomic E-state index is 6.38. The van der Waals surface area contributed by atoms with Crippen molar-refractivity contribution in [3.63, 3.8) is 0 Å². The highest BCUT2D eigenvalue weighted by Crippen LogP contribution is 2.28. The molecular weight excluding hydrogens is 544 g/mol. The largest absolute Gasteiger partial charge is 0.382 e. The van der Waals surface area contributed by atoms with Crippen molar-refractivity contribution in [1.29, 1.82) is 0 Å². The first-order chi connectivity index (χ1) is 21.3. The van der Waals surface area contributed by atoms with Crippen molar-refractivity contribution >= 4 is 29.8 Å². The highest BCUT2D eigenvalue weighted by Gasteiger charge is 2.21. The molecule has 1 aromatic heterocycles. The Bertz CT molecular complexity index is 1440. The number of hydrogen-bond donors (Lipinski definition) is 2. The molecule has 8 heteroatoms. The van der Waals surface area contributed by atoms with Crippen LogP contribution in [0.5, 0.6) is 0 Å². The molecule has 3 N–H and O–H groups in total. The van der Waals surface area contributed by atoms with E-state index < -0.39 is 0 Å². The summed E-state index contributed by atoms with van der Waals surface area (Å²) < 4.78 is 0. The van der Waals surface area contributed by atoms with Crippen LogP contribution in [-0.4, -0.2) is 72.5 Å². The molecule has 0 amide bonds. The van der Waals surface area contributed by atoms with E-state index in [0.29, 0.717) is 11.5 Å². The molecule has 1 fully saturated rings. The second-order valence-corrected chi connectivity index (χ2v) is 11.6. The molecule has 2 aliphatic rings. The Morgan fingerprint density at radius 2 is 1.82 bits per heavy atom. The molecule has 2 aromatic rings. The molecule has 1 aromatic carbocycles. The first-order valence-corrected chi connectivity index (χ1v) is 15.5. The smallest absolute Gasteiger partial charge is 0.149 e. The van der Waals surface area contributed by atoms with E-state index in [1.807, 2.05) is 55.3 Å². The number of amidine groups is 1. The number of aromatic nitrogens is 1. The summed E-state index contributed by atoms with van der Waals surface area (Å²) in [5.74, 6) is 1.16. The van der Waals surface area contributed by atoms with Gasteiger partial charge in [-0.3, -0.25) is 4.99 Å². The van der Waals surface area contributed by atoms with Gasteiger partial charge in [0.25, 0.3) is 0 Å². The van der Waals surface area contributed by atoms with Crippen LogP contribution in [0.25, 0.3) is 11.4 Å². The minimum Gasteiger partial charge on any atom is -0.382 e. The molecule has 44 heavy (non-hydrogen) atoms. The van der Waals surface area contributed by atoms with Gasteiger partial charge in [-0.05, 0) is 95.1 Å². The normalized spacial score (nSPS) is 16.5. The van der Waals surface area contributed by atoms with Gasteiger partial charge in [0.15, 0.2) is 0 Å². The average Bonchev–Trinajstić information content (AvgIpc) is 3.03. The zero-order chi connectivity index (χ0) is 31.5. The summed E-state index contributed by atoms with van der Waals surface area (Å²) in [5, 5.41) is 3.28. The van der Waals surface area contributed by atoms with Crippen molar-refractivity contribution in [2.24, 2.45) is 15.7 Å². The predicted molar refractivity (Wildman–Crippen MR) is 187 cm³/mol. The van der Waals surface area contributed by atoms with Gasteiger partial charge in [-0.15, -0.1) is 0 Å². The first-order valence-electron chi connectivity index (χ1n) is 15.5. The van der Waals surface area contributed by atoms with Gasteiger partial charge in [0, 0.05) is 49.8 Å². The van der Waals surface area contributed by atoms with E-state index >= 15 is 0 Å². The van der Waals surface area contributed by atoms with E-state index in [4.69, 9.17) is 5.73 Å². The maximum absolute atomic E-state index is 6.38. The van der Waals surface area contributed by atoms with Gasteiger partial charge in [0.2, 0.25) is 0 Å². The maximum Gasteiger partial charge on any atom is 0.149 e. The summed E-state index contributed by atoms with van der Waals surface area (Å²) in [7, 11) is 4.14. The van der Waals surface area contributed by atoms with Crippen molar-refractivity contribution < 1.29 is 0 Å². The van der Waals surface area contributed by atoms with Crippen LogP contribution in [0.4, 0.5) is 5.82 Å². The summed E-state index contributed by atoms with van der Waals surface area (Å²) in [6, 6.07) is 11.9. The molecule has 4 rings (SSSR count). The zero-order valence-electron chi connectivity index (χ0n) is 26.7. The lowest BCUT2D eigenvalue weighted by molar-refractivity contribution is 0.274. The standard InChI is InChI=1S/C36H48N8/c1-27-19-20-39-33(25-27)41-29(3)30-15-17-31(18-16-30)34(38-4)35-36(37)40-26-32(43(35)6)14-12-22-42(5)21-11-8-13-28(2)44-23-9-7-10-24-44/h12,14-20,25-26H,2-4,7-11,13,21-24H2,1,5-6H3,(H2,37,40)(H,39,41)/b14-12+,35-34-. The summed E-state index contributed by atoms with van der Waals surface area (Å²) in [4.78, 5) is 20.1. The lowest BCUT2D eigenvalue weighted by Crippen LogP contribution is -2.31. The quantitative estimate of drug-likeness (QED) is 0.189. The van der Waals surface area contributed by atoms with E-state index in [1.54, 1.807) is 12.4 Å². The molecule has 3 heterocycles. The average molecular weight is 593 g/mol. The number of unbranched alkanes of at least 4 members (excludes halogenated alkanes) is 1. The Hall–Kier alpha value is -4.43. The molecule has 232 valence electrons. The topological polar surface area (TPSA) is 85.4 Å². The summed E-state index contributed by atoms with van der Waals surface area (Å²) in [5.41, 5.74) is 13.7. The van der Waals surface area contributed by atoms with Crippen LogP contribution < -0.4 is 11.1 Å². The van der Waals surface area contributed by atoms with Gasteiger partial charge in [-0.25, -0.2) is 9.98 Å². The number of allylic oxidation sites excluding steroid dienone is 2. The first kappa shape index (κ1) is 32.5. The molecule has 2 aliphatic heterocycles. The number of hydrogen-bond acceptors (Lipinski definition) is 8. The number of piperidine rings is 1. The SMILES string of the molecule is C=N/C(=C1/C(N)=NC=C(/C=C/CN(C)CCCCC(=C)N2CCCCC2)N1C)c1ccc(C(=C)Nc2cc(C)ccn2)cc1. The number of likely N-dealkylation sites (tertiary alicyclic amines) is 1. The Kier molecular flexibility index (Phi) is 11.7. The minimum atomic E-state index is 0.399. The number of pyridine rings is 1. The minimum absolute atomic E-state index is 0.399. The lowest BCUT2D eigenvalue weighted by atomic mass is 10.0. The molecule has 0 aliphatic carbocycles. The second-order valence-electron chi connectivity index (χ2n) is 11.6. The monoisotopic (exact) mass is 592 g/mol. The van der Waals surface area contributed by atoms with Gasteiger partial charge in [-0.2, -0.15) is 0 Å². The van der Waals surface area contributed by atoms with E-state index in [-0.39, 0.29) is 0 Å². The number of likely N-dealkylation sites (N-methyl/N-ethyl adjacent to an activating group) is 2. The number of aryl methyl sites for hydroxylation is 1. The third-order valence-corrected chi connectivity index (χ3v) is 8.15. The second kappa shape index (κ2) is 15.9. The number of anilines is 1. The Labute approximate surface area is 263 Å². The Balaban J connectivity index is 1.33. The summed E-state index contributed by atoms with van der Waals surface area (Å²) >= 11 is 0. The molecule has 0 bridgehead atoms. The fourth-order valence-corrected chi connectivity index (χ4v) is 5.51. The third kappa shape index (κ3) is 8.80. The van der Waals surface area contributed by atoms with Crippen molar-refractivity contribution in [1.82, 2.24) is 19.7 Å². The fraction of sp³-hybridized carbons (Fsp3) is 0.361. The van der Waals surface area contributed by atoms with E-state index in [2.05, 4.69) is 69.2 Å². The van der Waals surface area contributed by atoms with Gasteiger partial charge in [-0.1, -0.05) is 43.5 Å². The summed E-state index contributed by atoms with van der Waals surface area (Å²) in [6.07, 6.45) is 15.2. The van der Waals surface area contributed by atoms with Crippen LogP contribution in [0.3, 0.4) is 0 Å². The van der Waals surface area contributed by atoms with Crippen LogP contribution in [0.2, 0.25) is 0 Å². The van der Waals surface area contributed by atoms with Gasteiger partial charge >= 0.3 is 0 Å². The summed E-state index contributed by atoms with van der Waals surface area (Å²) in [6.45, 7) is 18.6. The molecule has 8 nitrogen and oxygen atoms in total. The molecular formula is C36H48N8. The van der Waals surface area contributed by atoms with Crippen LogP contribution in [0.15, 0.2) is 101 Å². The highest BCUT2D eigenvalue weighted by molar-refractivity contribution is 6.04. The number of aliphatic imine (C=N–C) groups is 2. The number of benzene rings is 1. The van der Waals surface area contributed by atoms with Gasteiger partial charge in [0.05, 0.1) is 17.6 Å². The lowest BCUT2D eigenvalue weighted by Gasteiger charge is -2.30. The van der Waals surface area contributed by atoms with Gasteiger partial charge < -0.3 is 25.8 Å². The molecule has 1 saturated heterocycles. The van der Waals surface area contributed by atoms with Gasteiger partial charge in [0.1, 0.15) is 17.4 Å². The predicted octanol–water partition coefficient (Wildman–Crippen LogP) is 6.64. The van der Waals surface area contributed by atoms with E-state index in [0.717, 1.165) is 65.5 Å². The molecule has 0 unspecified atom stereocenters. The number of nitrogens with two attached hydrogens (primary N) is 1. The van der Waals surface area contributed by atoms with E-state index in [9.17, 15) is 0 Å². The van der Waals surface area contributed by atoms with Crippen molar-refractivity contribution in [3.8, 4) is 0 Å². The highest BCUT2D eigenvalue weighted by atomic mass is 15.2. The van der Waals surface area contributed by atoms with E-state index in [1.165, 1.54) is 44.5 Å². The van der Waals surface area contributed by atoms with Crippen molar-refractivity contribution in [2.45, 2.75) is 45.4 Å². The number of rotatable bonds is 14. The van der Waals surface area contributed by atoms with Crippen LogP contribution in [0, 0.1) is 6.92 Å². The van der Waals surface area contributed by atoms with Crippen molar-refractivity contribution in [3.05, 3.63) is 108 Å². The number of nitrogens with one attached hydrogen (secondary N) is 1. The molecule has 0 atom stereocenters.